The van der Waals surface area contributed by atoms with Crippen molar-refractivity contribution < 1.29 is 13.8 Å². The van der Waals surface area contributed by atoms with Gasteiger partial charge in [0.2, 0.25) is 0 Å². The largest absolute Gasteiger partial charge is 0.453 e. The number of fused-ring (bicyclic) bond motifs is 1. The highest BCUT2D eigenvalue weighted by atomic mass is 35.5. The van der Waals surface area contributed by atoms with Crippen LogP contribution >= 0.6 is 11.6 Å². The lowest BCUT2D eigenvalue weighted by atomic mass is 10.2. The fraction of sp³-hybridized carbons (Fsp3) is 0. The number of anilines is 1. The summed E-state index contributed by atoms with van der Waals surface area (Å²) in [5, 5.41) is 7.54. The third kappa shape index (κ3) is 2.06. The van der Waals surface area contributed by atoms with Gasteiger partial charge in [-0.25, -0.2) is 9.02 Å². The van der Waals surface area contributed by atoms with Crippen LogP contribution in [0, 0.1) is 5.82 Å². The summed E-state index contributed by atoms with van der Waals surface area (Å²) in [6.07, 6.45) is 0. The van der Waals surface area contributed by atoms with Gasteiger partial charge in [0.25, 0.3) is 0 Å². The molecule has 19 heavy (non-hydrogen) atoms. The zero-order valence-corrected chi connectivity index (χ0v) is 10.2. The second kappa shape index (κ2) is 4.40. The normalized spacial score (nSPS) is 10.8. The number of nitrogen functional groups attached to an aromatic ring is 1. The molecule has 2 aromatic carbocycles. The molecule has 5 nitrogen and oxygen atoms in total. The van der Waals surface area contributed by atoms with Crippen LogP contribution in [0.3, 0.4) is 0 Å². The van der Waals surface area contributed by atoms with Crippen LogP contribution in [0.15, 0.2) is 35.0 Å². The fourth-order valence-corrected chi connectivity index (χ4v) is 1.83. The maximum atomic E-state index is 12.9. The van der Waals surface area contributed by atoms with Gasteiger partial charge in [-0.3, -0.25) is 0 Å². The van der Waals surface area contributed by atoms with Crippen molar-refractivity contribution in [1.82, 2.24) is 10.3 Å². The summed E-state index contributed by atoms with van der Waals surface area (Å²) in [6.45, 7) is 0. The molecule has 0 atom stereocenters. The molecule has 0 spiro atoms. The van der Waals surface area contributed by atoms with Gasteiger partial charge in [0.15, 0.2) is 16.8 Å². The summed E-state index contributed by atoms with van der Waals surface area (Å²) in [7, 11) is 0. The van der Waals surface area contributed by atoms with E-state index in [0.29, 0.717) is 28.2 Å². The van der Waals surface area contributed by atoms with Gasteiger partial charge in [-0.15, -0.1) is 0 Å². The highest BCUT2D eigenvalue weighted by Gasteiger charge is 2.13. The summed E-state index contributed by atoms with van der Waals surface area (Å²) in [5.41, 5.74) is 6.92. The van der Waals surface area contributed by atoms with E-state index in [1.165, 1.54) is 12.1 Å². The number of nitrogens with two attached hydrogens (primary N) is 1. The molecule has 0 saturated carbocycles. The van der Waals surface area contributed by atoms with Crippen molar-refractivity contribution in [1.29, 1.82) is 0 Å². The Bertz CT molecular complexity index is 760. The van der Waals surface area contributed by atoms with Crippen molar-refractivity contribution in [3.05, 3.63) is 41.2 Å². The molecule has 96 valence electrons. The Morgan fingerprint density at radius 3 is 2.63 bits per heavy atom. The standard InChI is InChI=1S/C12H7ClFN3O2/c13-7-5-6(14)1-3-9(7)18-10-4-2-8(15)11-12(10)17-19-16-11/h1-5H,15H2. The average molecular weight is 280 g/mol. The van der Waals surface area contributed by atoms with Crippen LogP contribution in [0.1, 0.15) is 0 Å². The van der Waals surface area contributed by atoms with E-state index in [1.807, 2.05) is 0 Å². The third-order valence-corrected chi connectivity index (χ3v) is 2.82. The lowest BCUT2D eigenvalue weighted by Gasteiger charge is -2.07. The smallest absolute Gasteiger partial charge is 0.179 e. The molecule has 0 bridgehead atoms. The van der Waals surface area contributed by atoms with Crippen LogP contribution in [0.25, 0.3) is 11.0 Å². The molecule has 0 aliphatic heterocycles. The van der Waals surface area contributed by atoms with Crippen molar-refractivity contribution in [3.8, 4) is 11.5 Å². The molecular weight excluding hydrogens is 273 g/mol. The highest BCUT2D eigenvalue weighted by Crippen LogP contribution is 2.34. The Morgan fingerprint density at radius 2 is 1.84 bits per heavy atom. The topological polar surface area (TPSA) is 74.2 Å². The van der Waals surface area contributed by atoms with E-state index in [1.54, 1.807) is 12.1 Å². The van der Waals surface area contributed by atoms with Crippen molar-refractivity contribution in [3.63, 3.8) is 0 Å². The van der Waals surface area contributed by atoms with Crippen molar-refractivity contribution in [2.24, 2.45) is 0 Å². The SMILES string of the molecule is Nc1ccc(Oc2ccc(F)cc2Cl)c2nonc12. The first kappa shape index (κ1) is 11.7. The molecule has 7 heteroatoms. The van der Waals surface area contributed by atoms with Gasteiger partial charge in [0.1, 0.15) is 11.6 Å². The minimum Gasteiger partial charge on any atom is -0.453 e. The number of nitrogens with zero attached hydrogens (tertiary/aromatic N) is 2. The number of hydrogen-bond acceptors (Lipinski definition) is 5. The van der Waals surface area contributed by atoms with Gasteiger partial charge in [-0.1, -0.05) is 11.6 Å². The zero-order chi connectivity index (χ0) is 13.4. The molecule has 0 amide bonds. The van der Waals surface area contributed by atoms with Crippen molar-refractivity contribution >= 4 is 28.3 Å². The molecular formula is C12H7ClFN3O2. The van der Waals surface area contributed by atoms with Crippen LogP contribution in [0.4, 0.5) is 10.1 Å². The maximum Gasteiger partial charge on any atom is 0.179 e. The van der Waals surface area contributed by atoms with Gasteiger partial charge >= 0.3 is 0 Å². The second-order valence-electron chi connectivity index (χ2n) is 3.79. The van der Waals surface area contributed by atoms with Crippen molar-refractivity contribution in [2.45, 2.75) is 0 Å². The van der Waals surface area contributed by atoms with E-state index in [0.717, 1.165) is 6.07 Å². The minimum atomic E-state index is -0.442. The van der Waals surface area contributed by atoms with Gasteiger partial charge < -0.3 is 10.5 Å². The van der Waals surface area contributed by atoms with E-state index < -0.39 is 5.82 Å². The number of benzene rings is 2. The van der Waals surface area contributed by atoms with Crippen LogP contribution in [0.2, 0.25) is 5.02 Å². The molecule has 0 saturated heterocycles. The first-order valence-corrected chi connectivity index (χ1v) is 5.66. The van der Waals surface area contributed by atoms with E-state index in [9.17, 15) is 4.39 Å². The Morgan fingerprint density at radius 1 is 1.11 bits per heavy atom. The molecule has 1 aromatic heterocycles. The lowest BCUT2D eigenvalue weighted by molar-refractivity contribution is 0.314. The maximum absolute atomic E-state index is 12.9. The lowest BCUT2D eigenvalue weighted by Crippen LogP contribution is -1.91. The van der Waals surface area contributed by atoms with Crippen LogP contribution in [-0.4, -0.2) is 10.3 Å². The average Bonchev–Trinajstić information content (AvgIpc) is 2.86. The predicted octanol–water partition coefficient (Wildman–Crippen LogP) is 3.39. The highest BCUT2D eigenvalue weighted by molar-refractivity contribution is 6.32. The molecule has 0 fully saturated rings. The third-order valence-electron chi connectivity index (χ3n) is 2.52. The Labute approximate surface area is 111 Å². The minimum absolute atomic E-state index is 0.154. The molecule has 3 rings (SSSR count). The van der Waals surface area contributed by atoms with Crippen molar-refractivity contribution in [2.75, 3.05) is 5.73 Å². The molecule has 0 aliphatic carbocycles. The molecule has 0 aliphatic rings. The number of rotatable bonds is 2. The fourth-order valence-electron chi connectivity index (χ4n) is 1.62. The van der Waals surface area contributed by atoms with Crippen LogP contribution < -0.4 is 10.5 Å². The van der Waals surface area contributed by atoms with E-state index in [2.05, 4.69) is 14.9 Å². The molecule has 2 N–H and O–H groups in total. The summed E-state index contributed by atoms with van der Waals surface area (Å²) >= 11 is 5.89. The van der Waals surface area contributed by atoms with Gasteiger partial charge in [0.05, 0.1) is 10.7 Å². The van der Waals surface area contributed by atoms with E-state index >= 15 is 0 Å². The zero-order valence-electron chi connectivity index (χ0n) is 9.43. The molecule has 0 radical (unpaired) electrons. The molecule has 0 unspecified atom stereocenters. The number of ether oxygens (including phenoxy) is 1. The Hall–Kier alpha value is -2.34. The first-order valence-electron chi connectivity index (χ1n) is 5.29. The number of aromatic nitrogens is 2. The monoisotopic (exact) mass is 279 g/mol. The first-order chi connectivity index (χ1) is 9.15. The second-order valence-corrected chi connectivity index (χ2v) is 4.20. The summed E-state index contributed by atoms with van der Waals surface area (Å²) in [5.74, 6) is 0.235. The number of hydrogen-bond donors (Lipinski definition) is 1. The Balaban J connectivity index is 2.06. The van der Waals surface area contributed by atoms with Gasteiger partial charge in [-0.05, 0) is 40.6 Å². The van der Waals surface area contributed by atoms with Crippen LogP contribution in [0.5, 0.6) is 11.5 Å². The van der Waals surface area contributed by atoms with Gasteiger partial charge in [0, 0.05) is 0 Å². The summed E-state index contributed by atoms with van der Waals surface area (Å²) in [4.78, 5) is 0. The van der Waals surface area contributed by atoms with E-state index in [-0.39, 0.29) is 5.02 Å². The van der Waals surface area contributed by atoms with E-state index in [4.69, 9.17) is 22.1 Å². The predicted molar refractivity (Wildman–Crippen MR) is 67.7 cm³/mol. The molecule has 1 heterocycles. The Kier molecular flexibility index (Phi) is 2.72. The van der Waals surface area contributed by atoms with Gasteiger partial charge in [-0.2, -0.15) is 0 Å². The van der Waals surface area contributed by atoms with Crippen LogP contribution in [-0.2, 0) is 0 Å². The number of halogens is 2. The summed E-state index contributed by atoms with van der Waals surface area (Å²) < 4.78 is 23.1. The summed E-state index contributed by atoms with van der Waals surface area (Å²) in [6, 6.07) is 7.05. The molecule has 3 aromatic rings. The quantitative estimate of drug-likeness (QED) is 0.728.